The first-order valence-corrected chi connectivity index (χ1v) is 6.81. The number of rotatable bonds is 6. The van der Waals surface area contributed by atoms with Crippen molar-refractivity contribution in [3.05, 3.63) is 34.9 Å². The molecule has 0 saturated heterocycles. The van der Waals surface area contributed by atoms with Crippen LogP contribution in [-0.2, 0) is 16.1 Å². The number of halogens is 1. The molecule has 2 rings (SSSR count). The molecule has 1 aliphatic carbocycles. The first kappa shape index (κ1) is 14.3. The van der Waals surface area contributed by atoms with Crippen LogP contribution in [-0.4, -0.2) is 36.6 Å². The number of carbonyl (C=O) groups excluding carboxylic acids is 1. The van der Waals surface area contributed by atoms with E-state index >= 15 is 0 Å². The van der Waals surface area contributed by atoms with Gasteiger partial charge in [-0.2, -0.15) is 0 Å². The van der Waals surface area contributed by atoms with Gasteiger partial charge in [0.25, 0.3) is 5.91 Å². The molecule has 0 bridgehead atoms. The van der Waals surface area contributed by atoms with E-state index in [1.54, 1.807) is 0 Å². The highest BCUT2D eigenvalue weighted by Crippen LogP contribution is 2.29. The average Bonchev–Trinajstić information content (AvgIpc) is 3.23. The number of benzene rings is 1. The Morgan fingerprint density at radius 1 is 1.47 bits per heavy atom. The summed E-state index contributed by atoms with van der Waals surface area (Å²) in [7, 11) is 1.52. The number of hydrogen-bond acceptors (Lipinski definition) is 3. The maximum absolute atomic E-state index is 12.4. The van der Waals surface area contributed by atoms with Crippen molar-refractivity contribution < 1.29 is 9.53 Å². The van der Waals surface area contributed by atoms with E-state index in [0.29, 0.717) is 17.6 Å². The molecule has 1 aliphatic rings. The van der Waals surface area contributed by atoms with Crippen molar-refractivity contribution in [2.75, 3.05) is 13.7 Å². The van der Waals surface area contributed by atoms with Crippen molar-refractivity contribution in [1.29, 1.82) is 0 Å². The molecule has 1 unspecified atom stereocenters. The summed E-state index contributed by atoms with van der Waals surface area (Å²) in [4.78, 5) is 14.2. The lowest BCUT2D eigenvalue weighted by Crippen LogP contribution is -2.44. The van der Waals surface area contributed by atoms with Crippen LogP contribution in [0.2, 0.25) is 5.02 Å². The second-order valence-electron chi connectivity index (χ2n) is 4.78. The van der Waals surface area contributed by atoms with Crippen molar-refractivity contribution in [3.8, 4) is 0 Å². The van der Waals surface area contributed by atoms with E-state index in [1.165, 1.54) is 7.11 Å². The lowest BCUT2D eigenvalue weighted by atomic mass is 10.2. The second-order valence-corrected chi connectivity index (χ2v) is 5.22. The van der Waals surface area contributed by atoms with Gasteiger partial charge in [-0.3, -0.25) is 4.79 Å². The van der Waals surface area contributed by atoms with Gasteiger partial charge in [0, 0.05) is 31.3 Å². The third-order valence-electron chi connectivity index (χ3n) is 3.31. The highest BCUT2D eigenvalue weighted by molar-refractivity contribution is 6.30. The van der Waals surface area contributed by atoms with E-state index in [1.807, 2.05) is 29.2 Å². The fraction of sp³-hybridized carbons (Fsp3) is 0.500. The number of amides is 1. The molecule has 0 spiro atoms. The summed E-state index contributed by atoms with van der Waals surface area (Å²) in [5.74, 6) is -0.0255. The molecular formula is C14H19ClN2O2. The Kier molecular flexibility index (Phi) is 4.80. The van der Waals surface area contributed by atoms with Crippen molar-refractivity contribution >= 4 is 17.5 Å². The Labute approximate surface area is 118 Å². The first-order chi connectivity index (χ1) is 9.15. The van der Waals surface area contributed by atoms with Gasteiger partial charge in [-0.1, -0.05) is 23.7 Å². The SMILES string of the molecule is COC(CN)C(=O)N(Cc1ccc(Cl)cc1)C1CC1. The van der Waals surface area contributed by atoms with Crippen LogP contribution in [0, 0.1) is 0 Å². The molecule has 1 aromatic rings. The molecule has 1 aromatic carbocycles. The first-order valence-electron chi connectivity index (χ1n) is 6.43. The summed E-state index contributed by atoms with van der Waals surface area (Å²) < 4.78 is 5.14. The monoisotopic (exact) mass is 282 g/mol. The van der Waals surface area contributed by atoms with Crippen molar-refractivity contribution in [3.63, 3.8) is 0 Å². The van der Waals surface area contributed by atoms with Gasteiger partial charge in [-0.05, 0) is 30.5 Å². The van der Waals surface area contributed by atoms with E-state index in [-0.39, 0.29) is 12.5 Å². The molecule has 2 N–H and O–H groups in total. The summed E-state index contributed by atoms with van der Waals surface area (Å²) in [5, 5.41) is 0.699. The summed E-state index contributed by atoms with van der Waals surface area (Å²) in [6, 6.07) is 7.88. The molecule has 1 fully saturated rings. The Morgan fingerprint density at radius 3 is 2.58 bits per heavy atom. The zero-order valence-electron chi connectivity index (χ0n) is 11.0. The lowest BCUT2D eigenvalue weighted by Gasteiger charge is -2.26. The zero-order chi connectivity index (χ0) is 13.8. The number of carbonyl (C=O) groups is 1. The molecule has 104 valence electrons. The Morgan fingerprint density at radius 2 is 2.11 bits per heavy atom. The van der Waals surface area contributed by atoms with Crippen LogP contribution >= 0.6 is 11.6 Å². The van der Waals surface area contributed by atoms with Crippen molar-refractivity contribution in [1.82, 2.24) is 4.90 Å². The summed E-state index contributed by atoms with van der Waals surface area (Å²) in [6.45, 7) is 0.791. The number of hydrogen-bond donors (Lipinski definition) is 1. The molecule has 19 heavy (non-hydrogen) atoms. The summed E-state index contributed by atoms with van der Waals surface area (Å²) in [6.07, 6.45) is 1.56. The number of nitrogens with zero attached hydrogens (tertiary/aromatic N) is 1. The van der Waals surface area contributed by atoms with E-state index in [9.17, 15) is 4.79 Å². The molecule has 0 heterocycles. The lowest BCUT2D eigenvalue weighted by molar-refractivity contribution is -0.142. The molecule has 0 radical (unpaired) electrons. The van der Waals surface area contributed by atoms with E-state index in [4.69, 9.17) is 22.1 Å². The fourth-order valence-corrected chi connectivity index (χ4v) is 2.17. The molecule has 1 saturated carbocycles. The molecule has 4 nitrogen and oxygen atoms in total. The Bertz CT molecular complexity index is 428. The van der Waals surface area contributed by atoms with Gasteiger partial charge in [0.15, 0.2) is 0 Å². The maximum Gasteiger partial charge on any atom is 0.253 e. The fourth-order valence-electron chi connectivity index (χ4n) is 2.04. The van der Waals surface area contributed by atoms with Crippen LogP contribution in [0.3, 0.4) is 0 Å². The minimum atomic E-state index is -0.548. The van der Waals surface area contributed by atoms with Gasteiger partial charge in [0.2, 0.25) is 0 Å². The number of methoxy groups -OCH3 is 1. The van der Waals surface area contributed by atoms with Crippen LogP contribution < -0.4 is 5.73 Å². The predicted octanol–water partition coefficient (Wildman–Crippen LogP) is 1.80. The highest BCUT2D eigenvalue weighted by Gasteiger charge is 2.35. The minimum Gasteiger partial charge on any atom is -0.370 e. The van der Waals surface area contributed by atoms with Crippen LogP contribution in [0.4, 0.5) is 0 Å². The Balaban J connectivity index is 2.08. The molecular weight excluding hydrogens is 264 g/mol. The molecule has 1 amide bonds. The standard InChI is InChI=1S/C14H19ClN2O2/c1-19-13(8-16)14(18)17(12-6-7-12)9-10-2-4-11(15)5-3-10/h2-5,12-13H,6-9,16H2,1H3. The zero-order valence-corrected chi connectivity index (χ0v) is 11.8. The topological polar surface area (TPSA) is 55.6 Å². The molecule has 5 heteroatoms. The van der Waals surface area contributed by atoms with Crippen LogP contribution in [0.15, 0.2) is 24.3 Å². The quantitative estimate of drug-likeness (QED) is 0.866. The van der Waals surface area contributed by atoms with Crippen LogP contribution in [0.5, 0.6) is 0 Å². The van der Waals surface area contributed by atoms with Gasteiger partial charge >= 0.3 is 0 Å². The number of nitrogens with two attached hydrogens (primary N) is 1. The van der Waals surface area contributed by atoms with Gasteiger partial charge in [0.1, 0.15) is 6.10 Å². The molecule has 0 aliphatic heterocycles. The highest BCUT2D eigenvalue weighted by atomic mass is 35.5. The predicted molar refractivity (Wildman–Crippen MR) is 74.9 cm³/mol. The van der Waals surface area contributed by atoms with Crippen molar-refractivity contribution in [2.24, 2.45) is 5.73 Å². The van der Waals surface area contributed by atoms with E-state index < -0.39 is 6.10 Å². The van der Waals surface area contributed by atoms with Gasteiger partial charge in [0.05, 0.1) is 0 Å². The maximum atomic E-state index is 12.4. The van der Waals surface area contributed by atoms with Gasteiger partial charge in [-0.15, -0.1) is 0 Å². The van der Waals surface area contributed by atoms with Crippen LogP contribution in [0.1, 0.15) is 18.4 Å². The van der Waals surface area contributed by atoms with Gasteiger partial charge in [-0.25, -0.2) is 0 Å². The summed E-state index contributed by atoms with van der Waals surface area (Å²) >= 11 is 5.86. The van der Waals surface area contributed by atoms with Crippen LogP contribution in [0.25, 0.3) is 0 Å². The largest absolute Gasteiger partial charge is 0.370 e. The van der Waals surface area contributed by atoms with E-state index in [2.05, 4.69) is 0 Å². The average molecular weight is 283 g/mol. The third-order valence-corrected chi connectivity index (χ3v) is 3.56. The van der Waals surface area contributed by atoms with E-state index in [0.717, 1.165) is 18.4 Å². The number of ether oxygens (including phenoxy) is 1. The van der Waals surface area contributed by atoms with Gasteiger partial charge < -0.3 is 15.4 Å². The van der Waals surface area contributed by atoms with Crippen molar-refractivity contribution in [2.45, 2.75) is 31.5 Å². The molecule has 0 aromatic heterocycles. The second kappa shape index (κ2) is 6.37. The minimum absolute atomic E-state index is 0.0255. The third kappa shape index (κ3) is 3.69. The normalized spacial score (nSPS) is 16.2. The summed E-state index contributed by atoms with van der Waals surface area (Å²) in [5.41, 5.74) is 6.63. The molecule has 1 atom stereocenters. The smallest absolute Gasteiger partial charge is 0.253 e. The Hall–Kier alpha value is -1.10.